The Morgan fingerprint density at radius 2 is 1.65 bits per heavy atom. The number of methoxy groups -OCH3 is 2. The zero-order valence-corrected chi connectivity index (χ0v) is 20.2. The first-order chi connectivity index (χ1) is 16.4. The van der Waals surface area contributed by atoms with E-state index in [1.54, 1.807) is 30.3 Å². The van der Waals surface area contributed by atoms with Gasteiger partial charge in [0.1, 0.15) is 29.6 Å². The molecule has 3 aromatic rings. The monoisotopic (exact) mass is 531 g/mol. The third kappa shape index (κ3) is 5.98. The summed E-state index contributed by atoms with van der Waals surface area (Å²) in [7, 11) is 2.93. The van der Waals surface area contributed by atoms with Gasteiger partial charge in [-0.25, -0.2) is 9.37 Å². The van der Waals surface area contributed by atoms with Gasteiger partial charge in [0.15, 0.2) is 23.1 Å². The first kappa shape index (κ1) is 25.3. The summed E-state index contributed by atoms with van der Waals surface area (Å²) in [5.74, 6) is 0.230. The van der Waals surface area contributed by atoms with Crippen LogP contribution in [0.4, 0.5) is 4.39 Å². The number of hydrogen-bond donors (Lipinski definition) is 1. The highest BCUT2D eigenvalue weighted by molar-refractivity contribution is 9.10. The van der Waals surface area contributed by atoms with Crippen molar-refractivity contribution < 1.29 is 33.3 Å². The number of benzene rings is 2. The minimum absolute atomic E-state index is 0.0238. The average molecular weight is 532 g/mol. The number of rotatable bonds is 11. The van der Waals surface area contributed by atoms with Crippen LogP contribution in [0, 0.1) is 5.82 Å². The highest BCUT2D eigenvalue weighted by Gasteiger charge is 2.17. The van der Waals surface area contributed by atoms with Gasteiger partial charge in [-0.05, 0) is 64.5 Å². The van der Waals surface area contributed by atoms with Crippen molar-refractivity contribution in [3.8, 4) is 28.5 Å². The van der Waals surface area contributed by atoms with Gasteiger partial charge in [0.25, 0.3) is 0 Å². The van der Waals surface area contributed by atoms with Gasteiger partial charge in [-0.1, -0.05) is 0 Å². The Morgan fingerprint density at radius 1 is 0.941 bits per heavy atom. The number of aromatic nitrogens is 1. The molecule has 1 heterocycles. The van der Waals surface area contributed by atoms with Gasteiger partial charge in [0, 0.05) is 24.0 Å². The Bertz CT molecular complexity index is 1200. The molecule has 1 N–H and O–H groups in total. The van der Waals surface area contributed by atoms with Crippen LogP contribution in [0.15, 0.2) is 53.0 Å². The Balaban J connectivity index is 1.74. The molecule has 1 aromatic heterocycles. The molecule has 0 aliphatic carbocycles. The highest BCUT2D eigenvalue weighted by atomic mass is 79.9. The van der Waals surface area contributed by atoms with Crippen molar-refractivity contribution in [2.45, 2.75) is 12.8 Å². The first-order valence-electron chi connectivity index (χ1n) is 10.4. The zero-order valence-electron chi connectivity index (χ0n) is 18.6. The molecule has 0 unspecified atom stereocenters. The molecular formula is C25H23BrFNO6. The van der Waals surface area contributed by atoms with Gasteiger partial charge in [-0.15, -0.1) is 0 Å². The minimum Gasteiger partial charge on any atom is -0.494 e. The van der Waals surface area contributed by atoms with Crippen LogP contribution >= 0.6 is 15.9 Å². The molecule has 0 spiro atoms. The van der Waals surface area contributed by atoms with E-state index in [0.29, 0.717) is 34.1 Å². The maximum absolute atomic E-state index is 13.6. The van der Waals surface area contributed by atoms with Crippen molar-refractivity contribution in [3.05, 3.63) is 70.1 Å². The van der Waals surface area contributed by atoms with E-state index >= 15 is 0 Å². The van der Waals surface area contributed by atoms with Gasteiger partial charge in [0.2, 0.25) is 0 Å². The summed E-state index contributed by atoms with van der Waals surface area (Å²) < 4.78 is 29.9. The van der Waals surface area contributed by atoms with Gasteiger partial charge in [0.05, 0.1) is 25.3 Å². The summed E-state index contributed by atoms with van der Waals surface area (Å²) in [6.07, 6.45) is -0.0697. The SMILES string of the molecule is COc1cc(C(=O)CCC(=O)c2ccc(OC)c(-c3ccc(F)c(Br)c3)n2)ccc1OCCO. The lowest BCUT2D eigenvalue weighted by Gasteiger charge is -2.11. The second kappa shape index (κ2) is 11.7. The second-order valence-electron chi connectivity index (χ2n) is 7.16. The maximum atomic E-state index is 13.6. The molecule has 34 heavy (non-hydrogen) atoms. The number of pyridine rings is 1. The number of aliphatic hydroxyl groups excluding tert-OH is 1. The van der Waals surface area contributed by atoms with Gasteiger partial charge >= 0.3 is 0 Å². The molecule has 0 saturated carbocycles. The van der Waals surface area contributed by atoms with Crippen molar-refractivity contribution in [1.82, 2.24) is 4.98 Å². The van der Waals surface area contributed by atoms with E-state index in [9.17, 15) is 14.0 Å². The van der Waals surface area contributed by atoms with E-state index in [1.807, 2.05) is 0 Å². The molecule has 0 radical (unpaired) electrons. The lowest BCUT2D eigenvalue weighted by molar-refractivity contribution is 0.0914. The molecule has 0 bridgehead atoms. The first-order valence-corrected chi connectivity index (χ1v) is 11.2. The molecule has 0 fully saturated rings. The van der Waals surface area contributed by atoms with Gasteiger partial charge in [-0.3, -0.25) is 9.59 Å². The second-order valence-corrected chi connectivity index (χ2v) is 8.01. The lowest BCUT2D eigenvalue weighted by atomic mass is 10.0. The van der Waals surface area contributed by atoms with Crippen LogP contribution in [0.5, 0.6) is 17.2 Å². The summed E-state index contributed by atoms with van der Waals surface area (Å²) in [4.78, 5) is 29.9. The third-order valence-electron chi connectivity index (χ3n) is 4.97. The molecule has 0 aliphatic heterocycles. The highest BCUT2D eigenvalue weighted by Crippen LogP contribution is 2.32. The van der Waals surface area contributed by atoms with Crippen LogP contribution < -0.4 is 14.2 Å². The van der Waals surface area contributed by atoms with E-state index in [1.165, 1.54) is 32.4 Å². The number of ketones is 2. The third-order valence-corrected chi connectivity index (χ3v) is 5.58. The quantitative estimate of drug-likeness (QED) is 0.352. The molecular weight excluding hydrogens is 509 g/mol. The number of carbonyl (C=O) groups excluding carboxylic acids is 2. The van der Waals surface area contributed by atoms with E-state index in [4.69, 9.17) is 19.3 Å². The summed E-state index contributed by atoms with van der Waals surface area (Å²) in [6, 6.07) is 12.2. The van der Waals surface area contributed by atoms with Crippen molar-refractivity contribution in [3.63, 3.8) is 0 Å². The fourth-order valence-corrected chi connectivity index (χ4v) is 3.61. The van der Waals surface area contributed by atoms with E-state index < -0.39 is 5.82 Å². The molecule has 9 heteroatoms. The zero-order chi connectivity index (χ0) is 24.7. The predicted molar refractivity (Wildman–Crippen MR) is 127 cm³/mol. The van der Waals surface area contributed by atoms with Gasteiger partial charge < -0.3 is 19.3 Å². The van der Waals surface area contributed by atoms with Crippen LogP contribution in [0.25, 0.3) is 11.3 Å². The number of carbonyl (C=O) groups is 2. The van der Waals surface area contributed by atoms with E-state index in [2.05, 4.69) is 20.9 Å². The fourth-order valence-electron chi connectivity index (χ4n) is 3.23. The molecule has 3 rings (SSSR count). The number of ether oxygens (including phenoxy) is 3. The van der Waals surface area contributed by atoms with Gasteiger partial charge in [-0.2, -0.15) is 0 Å². The number of nitrogens with zero attached hydrogens (tertiary/aromatic N) is 1. The Morgan fingerprint density at radius 3 is 2.32 bits per heavy atom. The molecule has 2 aromatic carbocycles. The Labute approximate surface area is 204 Å². The number of aliphatic hydroxyl groups is 1. The van der Waals surface area contributed by atoms with Crippen LogP contribution in [0.1, 0.15) is 33.7 Å². The van der Waals surface area contributed by atoms with Crippen LogP contribution in [0.2, 0.25) is 0 Å². The average Bonchev–Trinajstić information content (AvgIpc) is 2.86. The van der Waals surface area contributed by atoms with Crippen molar-refractivity contribution in [1.29, 1.82) is 0 Å². The Hall–Kier alpha value is -3.30. The van der Waals surface area contributed by atoms with Crippen LogP contribution in [0.3, 0.4) is 0 Å². The molecule has 178 valence electrons. The summed E-state index contributed by atoms with van der Waals surface area (Å²) >= 11 is 3.15. The molecule has 7 nitrogen and oxygen atoms in total. The smallest absolute Gasteiger partial charge is 0.181 e. The Kier molecular flexibility index (Phi) is 8.72. The fraction of sp³-hybridized carbons (Fsp3) is 0.240. The predicted octanol–water partition coefficient (Wildman–Crippen LogP) is 4.88. The summed E-state index contributed by atoms with van der Waals surface area (Å²) in [5, 5.41) is 8.90. The van der Waals surface area contributed by atoms with E-state index in [-0.39, 0.29) is 47.8 Å². The standard InChI is InChI=1S/C25H23BrFNO6/c1-32-23-10-6-19(28-25(23)16-3-5-18(27)17(26)13-16)21(31)8-7-20(30)15-4-9-22(34-12-11-29)24(14-15)33-2/h3-6,9-10,13-14,29H,7-8,11-12H2,1-2H3. The summed E-state index contributed by atoms with van der Waals surface area (Å²) in [5.41, 5.74) is 1.52. The normalized spacial score (nSPS) is 10.6. The molecule has 0 amide bonds. The minimum atomic E-state index is -0.418. The molecule has 0 saturated heterocycles. The molecule has 0 atom stereocenters. The topological polar surface area (TPSA) is 95.0 Å². The van der Waals surface area contributed by atoms with Crippen molar-refractivity contribution in [2.75, 3.05) is 27.4 Å². The number of Topliss-reactive ketones (excluding diaryl/α,β-unsaturated/α-hetero) is 2. The number of halogens is 2. The van der Waals surface area contributed by atoms with Crippen molar-refractivity contribution in [2.24, 2.45) is 0 Å². The van der Waals surface area contributed by atoms with Crippen molar-refractivity contribution >= 4 is 27.5 Å². The molecule has 0 aliphatic rings. The maximum Gasteiger partial charge on any atom is 0.181 e. The number of hydrogen-bond acceptors (Lipinski definition) is 7. The largest absolute Gasteiger partial charge is 0.494 e. The van der Waals surface area contributed by atoms with Crippen LogP contribution in [-0.2, 0) is 0 Å². The van der Waals surface area contributed by atoms with E-state index in [0.717, 1.165) is 0 Å². The lowest BCUT2D eigenvalue weighted by Crippen LogP contribution is -2.08. The van der Waals surface area contributed by atoms with Crippen LogP contribution in [-0.4, -0.2) is 49.1 Å². The summed E-state index contributed by atoms with van der Waals surface area (Å²) in [6.45, 7) is -0.0463.